The molecule has 0 fully saturated rings. The van der Waals surface area contributed by atoms with Crippen molar-refractivity contribution >= 4 is 0 Å². The molecule has 3 heteroatoms. The number of halogens is 1. The van der Waals surface area contributed by atoms with Crippen LogP contribution in [0, 0.1) is 31.0 Å². The largest absolute Gasteiger partial charge is 0.357 e. The van der Waals surface area contributed by atoms with E-state index in [1.807, 2.05) is 13.8 Å². The molecule has 0 aliphatic heterocycles. The Balaban J connectivity index is 2.68. The third-order valence-corrected chi connectivity index (χ3v) is 2.69. The Labute approximate surface area is 93.4 Å². The van der Waals surface area contributed by atoms with E-state index in [4.69, 9.17) is 5.26 Å². The minimum atomic E-state index is -0.281. The van der Waals surface area contributed by atoms with Gasteiger partial charge in [-0.15, -0.1) is 0 Å². The Morgan fingerprint density at radius 2 is 1.94 bits per heavy atom. The van der Waals surface area contributed by atoms with Crippen LogP contribution in [0.2, 0.25) is 0 Å². The van der Waals surface area contributed by atoms with Gasteiger partial charge >= 0.3 is 0 Å². The standard InChI is InChI=1S/C13H11FN2/c1-8-11(7-15)9(2)16-13(8)10-5-3-4-6-12(10)14/h3-6,16H,1-2H3. The molecular formula is C13H11FN2. The molecule has 0 aliphatic rings. The number of hydrogen-bond donors (Lipinski definition) is 1. The van der Waals surface area contributed by atoms with E-state index in [9.17, 15) is 4.39 Å². The van der Waals surface area contributed by atoms with Crippen LogP contribution in [0.15, 0.2) is 24.3 Å². The number of nitrogens with zero attached hydrogens (tertiary/aromatic N) is 1. The summed E-state index contributed by atoms with van der Waals surface area (Å²) in [5, 5.41) is 8.97. The van der Waals surface area contributed by atoms with Crippen LogP contribution in [-0.4, -0.2) is 4.98 Å². The molecule has 1 N–H and O–H groups in total. The van der Waals surface area contributed by atoms with Gasteiger partial charge in [0.15, 0.2) is 0 Å². The molecule has 0 saturated heterocycles. The van der Waals surface area contributed by atoms with Gasteiger partial charge < -0.3 is 4.98 Å². The summed E-state index contributed by atoms with van der Waals surface area (Å²) in [6, 6.07) is 8.66. The fourth-order valence-electron chi connectivity index (χ4n) is 1.85. The fourth-order valence-corrected chi connectivity index (χ4v) is 1.85. The van der Waals surface area contributed by atoms with Gasteiger partial charge in [0.2, 0.25) is 0 Å². The van der Waals surface area contributed by atoms with E-state index >= 15 is 0 Å². The molecule has 0 amide bonds. The highest BCUT2D eigenvalue weighted by molar-refractivity contribution is 5.68. The number of nitrogens with one attached hydrogen (secondary N) is 1. The van der Waals surface area contributed by atoms with E-state index in [1.165, 1.54) is 6.07 Å². The van der Waals surface area contributed by atoms with E-state index in [0.717, 1.165) is 11.3 Å². The van der Waals surface area contributed by atoms with Crippen molar-refractivity contribution in [1.82, 2.24) is 4.98 Å². The lowest BCUT2D eigenvalue weighted by Crippen LogP contribution is -1.86. The van der Waals surface area contributed by atoms with Gasteiger partial charge in [-0.2, -0.15) is 5.26 Å². The van der Waals surface area contributed by atoms with E-state index in [2.05, 4.69) is 11.1 Å². The molecule has 80 valence electrons. The first-order valence-corrected chi connectivity index (χ1v) is 4.99. The van der Waals surface area contributed by atoms with Gasteiger partial charge in [-0.3, -0.25) is 0 Å². The number of H-pyrrole nitrogens is 1. The molecule has 1 aromatic heterocycles. The maximum absolute atomic E-state index is 13.6. The lowest BCUT2D eigenvalue weighted by molar-refractivity contribution is 0.630. The van der Waals surface area contributed by atoms with Crippen molar-refractivity contribution in [2.45, 2.75) is 13.8 Å². The first kappa shape index (κ1) is 10.4. The molecule has 0 aliphatic carbocycles. The summed E-state index contributed by atoms with van der Waals surface area (Å²) in [5.74, 6) is -0.281. The van der Waals surface area contributed by atoms with Crippen LogP contribution in [0.4, 0.5) is 4.39 Å². The first-order valence-electron chi connectivity index (χ1n) is 4.99. The second kappa shape index (κ2) is 3.82. The molecule has 2 nitrogen and oxygen atoms in total. The summed E-state index contributed by atoms with van der Waals surface area (Å²) in [4.78, 5) is 3.06. The maximum atomic E-state index is 13.6. The maximum Gasteiger partial charge on any atom is 0.132 e. The molecule has 2 rings (SSSR count). The Morgan fingerprint density at radius 3 is 2.50 bits per heavy atom. The lowest BCUT2D eigenvalue weighted by Gasteiger charge is -2.01. The normalized spacial score (nSPS) is 10.1. The summed E-state index contributed by atoms with van der Waals surface area (Å²) < 4.78 is 13.6. The van der Waals surface area contributed by atoms with Gasteiger partial charge in [0.1, 0.15) is 11.9 Å². The van der Waals surface area contributed by atoms with Crippen LogP contribution in [-0.2, 0) is 0 Å². The Kier molecular flexibility index (Phi) is 2.49. The topological polar surface area (TPSA) is 39.6 Å². The van der Waals surface area contributed by atoms with Crippen molar-refractivity contribution in [2.75, 3.05) is 0 Å². The zero-order valence-corrected chi connectivity index (χ0v) is 9.13. The Bertz CT molecular complexity index is 576. The van der Waals surface area contributed by atoms with Crippen molar-refractivity contribution in [1.29, 1.82) is 5.26 Å². The number of aromatic nitrogens is 1. The zero-order valence-electron chi connectivity index (χ0n) is 9.13. The number of nitriles is 1. The number of rotatable bonds is 1. The van der Waals surface area contributed by atoms with E-state index in [1.54, 1.807) is 18.2 Å². The molecule has 0 radical (unpaired) electrons. The van der Waals surface area contributed by atoms with Gasteiger partial charge in [0.25, 0.3) is 0 Å². The van der Waals surface area contributed by atoms with Crippen LogP contribution in [0.1, 0.15) is 16.8 Å². The molecular weight excluding hydrogens is 203 g/mol. The predicted octanol–water partition coefficient (Wildman–Crippen LogP) is 3.31. The van der Waals surface area contributed by atoms with E-state index in [0.29, 0.717) is 16.8 Å². The summed E-state index contributed by atoms with van der Waals surface area (Å²) in [7, 11) is 0. The quantitative estimate of drug-likeness (QED) is 0.777. The molecule has 16 heavy (non-hydrogen) atoms. The molecule has 0 saturated carbocycles. The lowest BCUT2D eigenvalue weighted by atomic mass is 10.1. The summed E-state index contributed by atoms with van der Waals surface area (Å²) in [6.45, 7) is 3.64. The minimum Gasteiger partial charge on any atom is -0.357 e. The van der Waals surface area contributed by atoms with Crippen molar-refractivity contribution in [3.8, 4) is 17.3 Å². The third-order valence-electron chi connectivity index (χ3n) is 2.69. The highest BCUT2D eigenvalue weighted by Gasteiger charge is 2.14. The number of aromatic amines is 1. The van der Waals surface area contributed by atoms with E-state index < -0.39 is 0 Å². The van der Waals surface area contributed by atoms with Crippen LogP contribution in [0.5, 0.6) is 0 Å². The second-order valence-electron chi connectivity index (χ2n) is 3.72. The van der Waals surface area contributed by atoms with Gasteiger partial charge in [-0.05, 0) is 31.5 Å². The van der Waals surface area contributed by atoms with E-state index in [-0.39, 0.29) is 5.82 Å². The van der Waals surface area contributed by atoms with Gasteiger partial charge in [-0.25, -0.2) is 4.39 Å². The highest BCUT2D eigenvalue weighted by Crippen LogP contribution is 2.28. The monoisotopic (exact) mass is 214 g/mol. The summed E-state index contributed by atoms with van der Waals surface area (Å²) in [6.07, 6.45) is 0. The van der Waals surface area contributed by atoms with Gasteiger partial charge in [0, 0.05) is 11.3 Å². The van der Waals surface area contributed by atoms with Gasteiger partial charge in [-0.1, -0.05) is 12.1 Å². The molecule has 0 atom stereocenters. The fraction of sp³-hybridized carbons (Fsp3) is 0.154. The van der Waals surface area contributed by atoms with Crippen molar-refractivity contribution < 1.29 is 4.39 Å². The first-order chi connectivity index (χ1) is 7.65. The van der Waals surface area contributed by atoms with Crippen LogP contribution in [0.3, 0.4) is 0 Å². The van der Waals surface area contributed by atoms with Crippen LogP contribution >= 0.6 is 0 Å². The third kappa shape index (κ3) is 1.49. The average Bonchev–Trinajstić information content (AvgIpc) is 2.55. The molecule has 0 unspecified atom stereocenters. The van der Waals surface area contributed by atoms with Crippen LogP contribution < -0.4 is 0 Å². The zero-order chi connectivity index (χ0) is 11.7. The number of benzene rings is 1. The van der Waals surface area contributed by atoms with Gasteiger partial charge in [0.05, 0.1) is 11.3 Å². The number of hydrogen-bond acceptors (Lipinski definition) is 1. The average molecular weight is 214 g/mol. The predicted molar refractivity (Wildman–Crippen MR) is 60.4 cm³/mol. The van der Waals surface area contributed by atoms with Crippen molar-refractivity contribution in [3.05, 3.63) is 46.9 Å². The number of aryl methyl sites for hydroxylation is 1. The summed E-state index contributed by atoms with van der Waals surface area (Å²) in [5.41, 5.74) is 3.36. The molecule has 1 heterocycles. The Hall–Kier alpha value is -2.08. The molecule has 0 bridgehead atoms. The highest BCUT2D eigenvalue weighted by atomic mass is 19.1. The molecule has 0 spiro atoms. The van der Waals surface area contributed by atoms with Crippen molar-refractivity contribution in [3.63, 3.8) is 0 Å². The smallest absolute Gasteiger partial charge is 0.132 e. The molecule has 1 aromatic carbocycles. The second-order valence-corrected chi connectivity index (χ2v) is 3.72. The summed E-state index contributed by atoms with van der Waals surface area (Å²) >= 11 is 0. The SMILES string of the molecule is Cc1[nH]c(-c2ccccc2F)c(C)c1C#N. The van der Waals surface area contributed by atoms with Crippen molar-refractivity contribution in [2.24, 2.45) is 0 Å². The Morgan fingerprint density at radius 1 is 1.25 bits per heavy atom. The van der Waals surface area contributed by atoms with Crippen LogP contribution in [0.25, 0.3) is 11.3 Å². The minimum absolute atomic E-state index is 0.281. The molecule has 2 aromatic rings.